The third-order valence-corrected chi connectivity index (χ3v) is 3.17. The number of hydrogen-bond acceptors (Lipinski definition) is 4. The summed E-state index contributed by atoms with van der Waals surface area (Å²) >= 11 is 0. The molecule has 0 fully saturated rings. The van der Waals surface area contributed by atoms with Crippen molar-refractivity contribution in [3.8, 4) is 0 Å². The number of aliphatic hydroxyl groups excluding tert-OH is 1. The molecule has 0 bridgehead atoms. The highest BCUT2D eigenvalue weighted by atomic mass is 16.3. The zero-order chi connectivity index (χ0) is 13.8. The highest BCUT2D eigenvalue weighted by Crippen LogP contribution is 2.26. The Balaban J connectivity index is 2.73. The van der Waals surface area contributed by atoms with Crippen LogP contribution in [0.15, 0.2) is 0 Å². The monoisotopic (exact) mass is 254 g/mol. The Hall–Kier alpha value is -1.23. The number of nitrogens with one attached hydrogen (secondary N) is 1. The Morgan fingerprint density at radius 3 is 2.67 bits per heavy atom. The van der Waals surface area contributed by atoms with Crippen molar-refractivity contribution in [3.63, 3.8) is 0 Å². The van der Waals surface area contributed by atoms with E-state index in [9.17, 15) is 0 Å². The van der Waals surface area contributed by atoms with Gasteiger partial charge < -0.3 is 16.2 Å². The van der Waals surface area contributed by atoms with Crippen LogP contribution < -0.4 is 11.1 Å². The topological polar surface area (TPSA) is 76.1 Å². The lowest BCUT2D eigenvalue weighted by Gasteiger charge is -2.24. The van der Waals surface area contributed by atoms with Crippen molar-refractivity contribution in [2.45, 2.75) is 40.0 Å². The molecule has 1 heterocycles. The van der Waals surface area contributed by atoms with E-state index in [4.69, 9.17) is 10.8 Å². The van der Waals surface area contributed by atoms with Gasteiger partial charge >= 0.3 is 0 Å². The first-order valence-electron chi connectivity index (χ1n) is 6.57. The molecular weight excluding hydrogens is 228 g/mol. The minimum Gasteiger partial charge on any atom is -0.396 e. The zero-order valence-corrected chi connectivity index (χ0v) is 12.0. The first kappa shape index (κ1) is 14.8. The molecule has 1 aromatic rings. The lowest BCUT2D eigenvalue weighted by molar-refractivity contribution is 0.220. The Morgan fingerprint density at radius 2 is 2.11 bits per heavy atom. The number of nitrogens with zero attached hydrogens (tertiary/aromatic N) is 2. The van der Waals surface area contributed by atoms with Crippen molar-refractivity contribution in [2.24, 2.45) is 12.5 Å². The number of anilines is 2. The minimum atomic E-state index is 0.0381. The van der Waals surface area contributed by atoms with Crippen molar-refractivity contribution in [1.82, 2.24) is 9.78 Å². The van der Waals surface area contributed by atoms with Gasteiger partial charge in [-0.3, -0.25) is 4.68 Å². The van der Waals surface area contributed by atoms with E-state index in [1.807, 2.05) is 7.05 Å². The number of aryl methyl sites for hydroxylation is 2. The Bertz CT molecular complexity index is 385. The van der Waals surface area contributed by atoms with Crippen LogP contribution in [0.2, 0.25) is 0 Å². The predicted octanol–water partition coefficient (Wildman–Crippen LogP) is 1.78. The molecule has 4 N–H and O–H groups in total. The molecule has 18 heavy (non-hydrogen) atoms. The lowest BCUT2D eigenvalue weighted by atomic mass is 9.90. The summed E-state index contributed by atoms with van der Waals surface area (Å²) < 4.78 is 1.80. The standard InChI is InChI=1S/C13H26N4O/c1-5-6-10-11(14)12(17(4)16-10)15-9-13(2,3)7-8-18/h15,18H,5-9,14H2,1-4H3. The van der Waals surface area contributed by atoms with Crippen LogP contribution in [-0.2, 0) is 13.5 Å². The van der Waals surface area contributed by atoms with Crippen molar-refractivity contribution < 1.29 is 5.11 Å². The number of hydrogen-bond donors (Lipinski definition) is 3. The highest BCUT2D eigenvalue weighted by Gasteiger charge is 2.19. The second-order valence-corrected chi connectivity index (χ2v) is 5.57. The maximum absolute atomic E-state index is 9.01. The van der Waals surface area contributed by atoms with E-state index in [2.05, 4.69) is 31.2 Å². The fraction of sp³-hybridized carbons (Fsp3) is 0.769. The number of aromatic nitrogens is 2. The van der Waals surface area contributed by atoms with Gasteiger partial charge in [0.25, 0.3) is 0 Å². The molecule has 0 aliphatic carbocycles. The summed E-state index contributed by atoms with van der Waals surface area (Å²) in [6.07, 6.45) is 2.71. The molecule has 1 aromatic heterocycles. The molecule has 0 amide bonds. The molecule has 0 spiro atoms. The van der Waals surface area contributed by atoms with Gasteiger partial charge in [-0.25, -0.2) is 0 Å². The number of aliphatic hydroxyl groups is 1. The zero-order valence-electron chi connectivity index (χ0n) is 12.0. The largest absolute Gasteiger partial charge is 0.396 e. The highest BCUT2D eigenvalue weighted by molar-refractivity contribution is 5.65. The van der Waals surface area contributed by atoms with E-state index in [1.165, 1.54) is 0 Å². The van der Waals surface area contributed by atoms with Crippen molar-refractivity contribution in [2.75, 3.05) is 24.2 Å². The average molecular weight is 254 g/mol. The van der Waals surface area contributed by atoms with Crippen LogP contribution in [0, 0.1) is 5.41 Å². The van der Waals surface area contributed by atoms with Gasteiger partial charge in [0.05, 0.1) is 11.4 Å². The molecule has 5 nitrogen and oxygen atoms in total. The van der Waals surface area contributed by atoms with E-state index in [1.54, 1.807) is 4.68 Å². The van der Waals surface area contributed by atoms with Gasteiger partial charge in [-0.15, -0.1) is 0 Å². The summed E-state index contributed by atoms with van der Waals surface area (Å²) in [5, 5.41) is 16.8. The molecular formula is C13H26N4O. The molecule has 5 heteroatoms. The smallest absolute Gasteiger partial charge is 0.147 e. The summed E-state index contributed by atoms with van der Waals surface area (Å²) in [7, 11) is 1.90. The molecule has 0 saturated carbocycles. The molecule has 104 valence electrons. The van der Waals surface area contributed by atoms with E-state index < -0.39 is 0 Å². The van der Waals surface area contributed by atoms with Gasteiger partial charge in [0, 0.05) is 20.2 Å². The lowest BCUT2D eigenvalue weighted by Crippen LogP contribution is -2.25. The number of rotatable bonds is 7. The SMILES string of the molecule is CCCc1nn(C)c(NCC(C)(C)CCO)c1N. The normalized spacial score (nSPS) is 11.8. The van der Waals surface area contributed by atoms with Gasteiger partial charge in [0.2, 0.25) is 0 Å². The molecule has 0 radical (unpaired) electrons. The Kier molecular flexibility index (Phi) is 5.02. The van der Waals surface area contributed by atoms with Crippen LogP contribution in [0.5, 0.6) is 0 Å². The van der Waals surface area contributed by atoms with Crippen LogP contribution >= 0.6 is 0 Å². The van der Waals surface area contributed by atoms with Crippen LogP contribution in [0.4, 0.5) is 11.5 Å². The van der Waals surface area contributed by atoms with Crippen molar-refractivity contribution in [3.05, 3.63) is 5.69 Å². The fourth-order valence-electron chi connectivity index (χ4n) is 1.94. The Morgan fingerprint density at radius 1 is 1.44 bits per heavy atom. The van der Waals surface area contributed by atoms with E-state index >= 15 is 0 Å². The van der Waals surface area contributed by atoms with Crippen LogP contribution in [0.3, 0.4) is 0 Å². The second kappa shape index (κ2) is 6.09. The van der Waals surface area contributed by atoms with E-state index in [0.717, 1.165) is 43.0 Å². The van der Waals surface area contributed by atoms with Crippen molar-refractivity contribution >= 4 is 11.5 Å². The second-order valence-electron chi connectivity index (χ2n) is 5.57. The summed E-state index contributed by atoms with van der Waals surface area (Å²) in [6, 6.07) is 0. The molecule has 0 aliphatic heterocycles. The average Bonchev–Trinajstić information content (AvgIpc) is 2.53. The quantitative estimate of drug-likeness (QED) is 0.693. The van der Waals surface area contributed by atoms with Gasteiger partial charge in [-0.05, 0) is 18.3 Å². The van der Waals surface area contributed by atoms with E-state index in [0.29, 0.717) is 0 Å². The Labute approximate surface area is 109 Å². The molecule has 0 atom stereocenters. The number of nitrogens with two attached hydrogens (primary N) is 1. The van der Waals surface area contributed by atoms with Crippen molar-refractivity contribution in [1.29, 1.82) is 0 Å². The molecule has 1 rings (SSSR count). The fourth-order valence-corrected chi connectivity index (χ4v) is 1.94. The molecule has 0 aliphatic rings. The van der Waals surface area contributed by atoms with Gasteiger partial charge in [0.1, 0.15) is 5.82 Å². The summed E-state index contributed by atoms with van der Waals surface area (Å²) in [4.78, 5) is 0. The summed E-state index contributed by atoms with van der Waals surface area (Å²) in [6.45, 7) is 7.33. The third kappa shape index (κ3) is 3.63. The maximum atomic E-state index is 9.01. The number of nitrogen functional groups attached to an aromatic ring is 1. The predicted molar refractivity (Wildman–Crippen MR) is 75.6 cm³/mol. The van der Waals surface area contributed by atoms with Gasteiger partial charge in [0.15, 0.2) is 0 Å². The van der Waals surface area contributed by atoms with Gasteiger partial charge in [-0.1, -0.05) is 27.2 Å². The molecule has 0 aromatic carbocycles. The first-order chi connectivity index (χ1) is 8.41. The van der Waals surface area contributed by atoms with Crippen LogP contribution in [0.1, 0.15) is 39.3 Å². The van der Waals surface area contributed by atoms with Crippen LogP contribution in [0.25, 0.3) is 0 Å². The summed E-state index contributed by atoms with van der Waals surface area (Å²) in [5.74, 6) is 0.879. The third-order valence-electron chi connectivity index (χ3n) is 3.17. The maximum Gasteiger partial charge on any atom is 0.147 e. The molecule has 0 saturated heterocycles. The first-order valence-corrected chi connectivity index (χ1v) is 6.57. The summed E-state index contributed by atoms with van der Waals surface area (Å²) in [5.41, 5.74) is 7.85. The van der Waals surface area contributed by atoms with Crippen LogP contribution in [-0.4, -0.2) is 28.0 Å². The van der Waals surface area contributed by atoms with Gasteiger partial charge in [-0.2, -0.15) is 5.10 Å². The minimum absolute atomic E-state index is 0.0381. The van der Waals surface area contributed by atoms with E-state index in [-0.39, 0.29) is 12.0 Å². The molecule has 0 unspecified atom stereocenters.